The lowest BCUT2D eigenvalue weighted by molar-refractivity contribution is 0.259. The minimum atomic E-state index is 0.828. The summed E-state index contributed by atoms with van der Waals surface area (Å²) < 4.78 is 0. The van der Waals surface area contributed by atoms with E-state index in [2.05, 4.69) is 62.5 Å². The van der Waals surface area contributed by atoms with Crippen LogP contribution in [0.5, 0.6) is 0 Å². The monoisotopic (exact) mass is 294 g/mol. The summed E-state index contributed by atoms with van der Waals surface area (Å²) in [5.74, 6) is 6.95. The normalized spacial score (nSPS) is 48.6. The van der Waals surface area contributed by atoms with E-state index in [1.165, 1.54) is 25.7 Å². The van der Waals surface area contributed by atoms with Crippen LogP contribution >= 0.6 is 0 Å². The molecule has 0 saturated heterocycles. The van der Waals surface area contributed by atoms with Crippen LogP contribution in [0.4, 0.5) is 0 Å². The lowest BCUT2D eigenvalue weighted by atomic mass is 9.77. The van der Waals surface area contributed by atoms with Crippen LogP contribution in [0.3, 0.4) is 0 Å². The molecule has 0 radical (unpaired) electrons. The highest BCUT2D eigenvalue weighted by molar-refractivity contribution is 5.19. The molecule has 4 rings (SSSR count). The summed E-state index contributed by atoms with van der Waals surface area (Å²) in [5.41, 5.74) is 0. The topological polar surface area (TPSA) is 0 Å². The van der Waals surface area contributed by atoms with Crippen molar-refractivity contribution in [2.24, 2.45) is 47.3 Å². The predicted molar refractivity (Wildman–Crippen MR) is 94.3 cm³/mol. The maximum atomic E-state index is 2.50. The summed E-state index contributed by atoms with van der Waals surface area (Å²) in [6.07, 6.45) is 24.7. The standard InChI is InChI=1S/C22H30/c1-15-13-17-7-3-5-9-21(17)19(15)11-12-20-16(2)14-18-8-4-6-10-22(18)20/h3-10,15-22H,11-14H2,1-2H3/t15-,16?,17?,18?,19+,20+,21?,22?/m0/s1. The molecule has 0 spiro atoms. The number of hydrogen-bond donors (Lipinski definition) is 0. The maximum Gasteiger partial charge on any atom is -0.0136 e. The summed E-state index contributed by atoms with van der Waals surface area (Å²) in [7, 11) is 0. The van der Waals surface area contributed by atoms with Gasteiger partial charge in [-0.05, 0) is 73.0 Å². The molecule has 2 fully saturated rings. The molecule has 0 heteroatoms. The van der Waals surface area contributed by atoms with Gasteiger partial charge in [0.15, 0.2) is 0 Å². The number of allylic oxidation sites excluding steroid dienone is 8. The zero-order chi connectivity index (χ0) is 15.1. The molecule has 5 unspecified atom stereocenters. The molecular weight excluding hydrogens is 264 g/mol. The van der Waals surface area contributed by atoms with Gasteiger partial charge >= 0.3 is 0 Å². The van der Waals surface area contributed by atoms with Crippen LogP contribution in [-0.4, -0.2) is 0 Å². The first-order valence-electron chi connectivity index (χ1n) is 9.44. The molecule has 0 aromatic rings. The van der Waals surface area contributed by atoms with Gasteiger partial charge in [-0.15, -0.1) is 0 Å². The maximum absolute atomic E-state index is 2.50. The van der Waals surface area contributed by atoms with E-state index in [1.807, 2.05) is 0 Å². The third-order valence-electron chi connectivity index (χ3n) is 7.17. The minimum absolute atomic E-state index is 0.828. The van der Waals surface area contributed by atoms with Gasteiger partial charge in [-0.3, -0.25) is 0 Å². The number of hydrogen-bond acceptors (Lipinski definition) is 0. The summed E-state index contributed by atoms with van der Waals surface area (Å²) >= 11 is 0. The van der Waals surface area contributed by atoms with E-state index in [1.54, 1.807) is 0 Å². The Bertz CT molecular complexity index is 472. The van der Waals surface area contributed by atoms with Gasteiger partial charge in [0.2, 0.25) is 0 Å². The van der Waals surface area contributed by atoms with Crippen LogP contribution in [0.25, 0.3) is 0 Å². The molecule has 0 amide bonds. The van der Waals surface area contributed by atoms with E-state index < -0.39 is 0 Å². The Morgan fingerprint density at radius 1 is 0.636 bits per heavy atom. The average Bonchev–Trinajstić information content (AvgIpc) is 3.01. The van der Waals surface area contributed by atoms with Crippen molar-refractivity contribution >= 4 is 0 Å². The first kappa shape index (κ1) is 14.5. The van der Waals surface area contributed by atoms with E-state index in [4.69, 9.17) is 0 Å². The molecule has 22 heavy (non-hydrogen) atoms. The Balaban J connectivity index is 1.42. The quantitative estimate of drug-likeness (QED) is 0.617. The third-order valence-corrected chi connectivity index (χ3v) is 7.17. The largest absolute Gasteiger partial charge is 0.0808 e. The third kappa shape index (κ3) is 2.45. The van der Waals surface area contributed by atoms with Gasteiger partial charge in [0.25, 0.3) is 0 Å². The van der Waals surface area contributed by atoms with Crippen LogP contribution in [0.2, 0.25) is 0 Å². The molecule has 8 atom stereocenters. The molecule has 0 aromatic heterocycles. The smallest absolute Gasteiger partial charge is 0.0136 e. The molecule has 0 nitrogen and oxygen atoms in total. The van der Waals surface area contributed by atoms with Crippen molar-refractivity contribution in [2.75, 3.05) is 0 Å². The van der Waals surface area contributed by atoms with Gasteiger partial charge < -0.3 is 0 Å². The van der Waals surface area contributed by atoms with Gasteiger partial charge in [0.1, 0.15) is 0 Å². The second-order valence-electron chi connectivity index (χ2n) is 8.35. The number of fused-ring (bicyclic) bond motifs is 2. The van der Waals surface area contributed by atoms with Gasteiger partial charge in [0.05, 0.1) is 0 Å². The van der Waals surface area contributed by atoms with Gasteiger partial charge in [0, 0.05) is 0 Å². The summed E-state index contributed by atoms with van der Waals surface area (Å²) in [6, 6.07) is 0. The lowest BCUT2D eigenvalue weighted by Gasteiger charge is -2.28. The fourth-order valence-electron chi connectivity index (χ4n) is 6.04. The van der Waals surface area contributed by atoms with Crippen molar-refractivity contribution in [3.05, 3.63) is 48.6 Å². The van der Waals surface area contributed by atoms with Crippen molar-refractivity contribution in [3.63, 3.8) is 0 Å². The van der Waals surface area contributed by atoms with Crippen LogP contribution in [0.15, 0.2) is 48.6 Å². The van der Waals surface area contributed by atoms with Crippen LogP contribution in [-0.2, 0) is 0 Å². The second-order valence-corrected chi connectivity index (χ2v) is 8.35. The molecular formula is C22H30. The Kier molecular flexibility index (Phi) is 3.88. The molecule has 0 bridgehead atoms. The Labute approximate surface area is 136 Å². The highest BCUT2D eigenvalue weighted by atomic mass is 14.5. The zero-order valence-electron chi connectivity index (χ0n) is 14.1. The predicted octanol–water partition coefficient (Wildman–Crippen LogP) is 5.80. The Hall–Kier alpha value is -1.04. The molecule has 4 aliphatic rings. The first-order valence-corrected chi connectivity index (χ1v) is 9.44. The van der Waals surface area contributed by atoms with Gasteiger partial charge in [-0.25, -0.2) is 0 Å². The van der Waals surface area contributed by atoms with Crippen LogP contribution in [0.1, 0.15) is 39.5 Å². The molecule has 118 valence electrons. The van der Waals surface area contributed by atoms with Crippen LogP contribution < -0.4 is 0 Å². The molecule has 4 aliphatic carbocycles. The Morgan fingerprint density at radius 3 is 1.50 bits per heavy atom. The molecule has 0 N–H and O–H groups in total. The van der Waals surface area contributed by atoms with E-state index in [0.29, 0.717) is 0 Å². The Morgan fingerprint density at radius 2 is 1.05 bits per heavy atom. The van der Waals surface area contributed by atoms with Crippen molar-refractivity contribution in [1.29, 1.82) is 0 Å². The van der Waals surface area contributed by atoms with Crippen molar-refractivity contribution in [2.45, 2.75) is 39.5 Å². The SMILES string of the molecule is CC1CC2C=CC=CC2[C@@H]1CC[C@H]1C2C=CC=CC2C[C@@H]1C. The molecule has 0 aromatic carbocycles. The molecule has 0 heterocycles. The summed E-state index contributed by atoms with van der Waals surface area (Å²) in [4.78, 5) is 0. The minimum Gasteiger partial charge on any atom is -0.0808 e. The second kappa shape index (κ2) is 5.87. The van der Waals surface area contributed by atoms with Gasteiger partial charge in [-0.2, -0.15) is 0 Å². The van der Waals surface area contributed by atoms with Gasteiger partial charge in [-0.1, -0.05) is 62.5 Å². The fraction of sp³-hybridized carbons (Fsp3) is 0.636. The lowest BCUT2D eigenvalue weighted by Crippen LogP contribution is -2.20. The van der Waals surface area contributed by atoms with Crippen molar-refractivity contribution < 1.29 is 0 Å². The summed E-state index contributed by atoms with van der Waals surface area (Å²) in [6.45, 7) is 4.99. The fourth-order valence-corrected chi connectivity index (χ4v) is 6.04. The zero-order valence-corrected chi connectivity index (χ0v) is 14.1. The molecule has 0 aliphatic heterocycles. The summed E-state index contributed by atoms with van der Waals surface area (Å²) in [5, 5.41) is 0. The number of rotatable bonds is 3. The van der Waals surface area contributed by atoms with E-state index in [9.17, 15) is 0 Å². The molecule has 2 saturated carbocycles. The van der Waals surface area contributed by atoms with E-state index >= 15 is 0 Å². The van der Waals surface area contributed by atoms with Crippen molar-refractivity contribution in [1.82, 2.24) is 0 Å². The van der Waals surface area contributed by atoms with Crippen molar-refractivity contribution in [3.8, 4) is 0 Å². The van der Waals surface area contributed by atoms with E-state index in [-0.39, 0.29) is 0 Å². The van der Waals surface area contributed by atoms with Crippen LogP contribution in [0, 0.1) is 47.3 Å². The highest BCUT2D eigenvalue weighted by Gasteiger charge is 2.42. The van der Waals surface area contributed by atoms with E-state index in [0.717, 1.165) is 47.3 Å². The highest BCUT2D eigenvalue weighted by Crippen LogP contribution is 2.50. The average molecular weight is 294 g/mol. The first-order chi connectivity index (χ1) is 10.7.